The molecule has 4 rings (SSSR count). The fourth-order valence-corrected chi connectivity index (χ4v) is 6.31. The molecule has 0 saturated heterocycles. The Morgan fingerprint density at radius 2 is 1.50 bits per heavy atom. The summed E-state index contributed by atoms with van der Waals surface area (Å²) in [4.78, 5) is 65.0. The van der Waals surface area contributed by atoms with Gasteiger partial charge in [0.2, 0.25) is 0 Å². The van der Waals surface area contributed by atoms with E-state index in [-0.39, 0.29) is 74.6 Å². The summed E-state index contributed by atoms with van der Waals surface area (Å²) >= 11 is 0. The highest BCUT2D eigenvalue weighted by molar-refractivity contribution is 5.95. The van der Waals surface area contributed by atoms with Gasteiger partial charge in [-0.2, -0.15) is 0 Å². The zero-order valence-electron chi connectivity index (χ0n) is 28.6. The first-order chi connectivity index (χ1) is 23.0. The number of nitrogens with zero attached hydrogens (tertiary/aromatic N) is 2. The van der Waals surface area contributed by atoms with Crippen LogP contribution in [0.5, 0.6) is 0 Å². The lowest BCUT2D eigenvalue weighted by molar-refractivity contribution is -0.146. The van der Waals surface area contributed by atoms with Gasteiger partial charge in [0.1, 0.15) is 30.7 Å². The van der Waals surface area contributed by atoms with Gasteiger partial charge in [0.25, 0.3) is 0 Å². The van der Waals surface area contributed by atoms with E-state index < -0.39 is 18.2 Å². The first-order valence-corrected chi connectivity index (χ1v) is 16.9. The smallest absolute Gasteiger partial charge is 0.410 e. The van der Waals surface area contributed by atoms with Gasteiger partial charge < -0.3 is 24.0 Å². The number of Topliss-reactive ketones (excluding diaryl/α,β-unsaturated/α-hetero) is 2. The second-order valence-corrected chi connectivity index (χ2v) is 13.0. The molecule has 10 heteroatoms. The molecule has 2 atom stereocenters. The molecule has 258 valence electrons. The van der Waals surface area contributed by atoms with Crippen molar-refractivity contribution in [2.24, 2.45) is 5.41 Å². The van der Waals surface area contributed by atoms with Gasteiger partial charge in [-0.05, 0) is 60.4 Å². The zero-order chi connectivity index (χ0) is 34.7. The highest BCUT2D eigenvalue weighted by Gasteiger charge is 2.32. The van der Waals surface area contributed by atoms with E-state index in [0.717, 1.165) is 35.1 Å². The van der Waals surface area contributed by atoms with Crippen LogP contribution in [-0.4, -0.2) is 86.0 Å². The Labute approximate surface area is 283 Å². The maximum Gasteiger partial charge on any atom is 0.410 e. The van der Waals surface area contributed by atoms with Crippen LogP contribution in [0, 0.1) is 5.41 Å². The van der Waals surface area contributed by atoms with E-state index in [1.54, 1.807) is 14.1 Å². The third-order valence-corrected chi connectivity index (χ3v) is 9.32. The molecule has 0 fully saturated rings. The van der Waals surface area contributed by atoms with E-state index in [4.69, 9.17) is 14.2 Å². The summed E-state index contributed by atoms with van der Waals surface area (Å²) in [5, 5.41) is 0. The number of amides is 2. The summed E-state index contributed by atoms with van der Waals surface area (Å²) in [6, 6.07) is 16.1. The van der Waals surface area contributed by atoms with Crippen LogP contribution in [0.4, 0.5) is 9.59 Å². The fourth-order valence-electron chi connectivity index (χ4n) is 6.31. The number of hydrogen-bond donors (Lipinski definition) is 0. The Balaban J connectivity index is 1.09. The van der Waals surface area contributed by atoms with Gasteiger partial charge in [0, 0.05) is 51.4 Å². The van der Waals surface area contributed by atoms with Crippen LogP contribution in [0.2, 0.25) is 0 Å². The number of likely N-dealkylation sites (N-methyl/N-ethyl adjacent to an activating group) is 2. The SMILES string of the molecule is CCC(=O)C1(C)C/C=C/C(OC(=O)N(C)CCN(C)C(=O)OCCCC(=O)CC(=O)OCC2c3ccccc3-c3ccccc32)CCC1. The molecule has 0 heterocycles. The van der Waals surface area contributed by atoms with E-state index >= 15 is 0 Å². The molecule has 0 N–H and O–H groups in total. The van der Waals surface area contributed by atoms with Crippen molar-refractivity contribution in [1.82, 2.24) is 9.80 Å². The third-order valence-electron chi connectivity index (χ3n) is 9.32. The number of carbonyl (C=O) groups excluding carboxylic acids is 5. The minimum absolute atomic E-state index is 0.0222. The molecule has 0 saturated carbocycles. The normalized spacial score (nSPS) is 19.1. The molecule has 0 spiro atoms. The van der Waals surface area contributed by atoms with Gasteiger partial charge in [-0.1, -0.05) is 68.5 Å². The van der Waals surface area contributed by atoms with Gasteiger partial charge in [-0.3, -0.25) is 14.4 Å². The molecule has 0 aliphatic heterocycles. The summed E-state index contributed by atoms with van der Waals surface area (Å²) in [6.45, 7) is 4.53. The lowest BCUT2D eigenvalue weighted by atomic mass is 9.75. The summed E-state index contributed by atoms with van der Waals surface area (Å²) in [5.74, 6) is -0.667. The van der Waals surface area contributed by atoms with Crippen LogP contribution in [0.3, 0.4) is 0 Å². The van der Waals surface area contributed by atoms with E-state index in [9.17, 15) is 24.0 Å². The van der Waals surface area contributed by atoms with Crippen LogP contribution < -0.4 is 0 Å². The maximum atomic E-state index is 12.6. The van der Waals surface area contributed by atoms with E-state index in [0.29, 0.717) is 19.3 Å². The second-order valence-electron chi connectivity index (χ2n) is 13.0. The number of ketones is 2. The summed E-state index contributed by atoms with van der Waals surface area (Å²) < 4.78 is 16.4. The second kappa shape index (κ2) is 17.1. The van der Waals surface area contributed by atoms with Crippen molar-refractivity contribution in [2.75, 3.05) is 40.4 Å². The molecule has 2 amide bonds. The predicted octanol–water partition coefficient (Wildman–Crippen LogP) is 6.70. The lowest BCUT2D eigenvalue weighted by Crippen LogP contribution is -2.39. The molecule has 2 aromatic carbocycles. The van der Waals surface area contributed by atoms with E-state index in [1.165, 1.54) is 9.80 Å². The van der Waals surface area contributed by atoms with Gasteiger partial charge in [-0.25, -0.2) is 9.59 Å². The number of ether oxygens (including phenoxy) is 3. The molecule has 10 nitrogen and oxygen atoms in total. The quantitative estimate of drug-likeness (QED) is 0.0722. The Morgan fingerprint density at radius 1 is 0.875 bits per heavy atom. The Bertz CT molecular complexity index is 1460. The lowest BCUT2D eigenvalue weighted by Gasteiger charge is -2.29. The maximum absolute atomic E-state index is 12.6. The average Bonchev–Trinajstić information content (AvgIpc) is 3.39. The van der Waals surface area contributed by atoms with Crippen molar-refractivity contribution in [1.29, 1.82) is 0 Å². The van der Waals surface area contributed by atoms with Crippen LogP contribution in [-0.2, 0) is 28.6 Å². The molecule has 0 aromatic heterocycles. The highest BCUT2D eigenvalue weighted by Crippen LogP contribution is 2.44. The van der Waals surface area contributed by atoms with Crippen LogP contribution in [0.25, 0.3) is 11.1 Å². The Hall–Kier alpha value is -4.47. The average molecular weight is 661 g/mol. The van der Waals surface area contributed by atoms with E-state index in [2.05, 4.69) is 12.1 Å². The molecule has 0 bridgehead atoms. The van der Waals surface area contributed by atoms with Crippen molar-refractivity contribution < 1.29 is 38.2 Å². The third kappa shape index (κ3) is 9.55. The summed E-state index contributed by atoms with van der Waals surface area (Å²) in [5.41, 5.74) is 4.11. The number of rotatable bonds is 14. The minimum Gasteiger partial charge on any atom is -0.464 e. The number of esters is 1. The molecule has 2 aliphatic rings. The molecular formula is C38H48N2O8. The van der Waals surface area contributed by atoms with Crippen molar-refractivity contribution in [3.05, 3.63) is 71.8 Å². The largest absolute Gasteiger partial charge is 0.464 e. The number of carbonyl (C=O) groups is 5. The van der Waals surface area contributed by atoms with E-state index in [1.807, 2.05) is 62.4 Å². The first kappa shape index (κ1) is 36.4. The van der Waals surface area contributed by atoms with Gasteiger partial charge in [0.05, 0.1) is 6.61 Å². The predicted molar refractivity (Wildman–Crippen MR) is 181 cm³/mol. The molecule has 2 aromatic rings. The minimum atomic E-state index is -0.576. The molecule has 0 radical (unpaired) electrons. The number of allylic oxidation sites excluding steroid dienone is 1. The number of hydrogen-bond acceptors (Lipinski definition) is 8. The monoisotopic (exact) mass is 660 g/mol. The van der Waals surface area contributed by atoms with Gasteiger partial charge in [-0.15, -0.1) is 0 Å². The van der Waals surface area contributed by atoms with Crippen LogP contribution >= 0.6 is 0 Å². The molecule has 2 unspecified atom stereocenters. The Kier molecular flexibility index (Phi) is 12.9. The standard InChI is InChI=1S/C38H48N2O8/c1-5-34(42)38(2)20-10-14-28(15-11-21-38)48-37(45)40(4)23-22-39(3)36(44)46-24-12-13-27(41)25-35(43)47-26-33-31-18-8-6-16-29(31)30-17-7-9-19-32(30)33/h6-10,14,16-19,28,33H,5,11-13,15,20-26H2,1-4H3/b14-10+. The number of benzene rings is 2. The summed E-state index contributed by atoms with van der Waals surface area (Å²) in [7, 11) is 3.17. The van der Waals surface area contributed by atoms with Crippen molar-refractivity contribution in [3.63, 3.8) is 0 Å². The molecule has 2 aliphatic carbocycles. The summed E-state index contributed by atoms with van der Waals surface area (Å²) in [6.07, 6.45) is 5.72. The van der Waals surface area contributed by atoms with Crippen LogP contribution in [0.15, 0.2) is 60.7 Å². The van der Waals surface area contributed by atoms with Gasteiger partial charge >= 0.3 is 18.2 Å². The molecule has 48 heavy (non-hydrogen) atoms. The first-order valence-electron chi connectivity index (χ1n) is 16.9. The topological polar surface area (TPSA) is 120 Å². The number of fused-ring (bicyclic) bond motifs is 3. The van der Waals surface area contributed by atoms with Crippen molar-refractivity contribution in [3.8, 4) is 11.1 Å². The Morgan fingerprint density at radius 3 is 2.15 bits per heavy atom. The molecular weight excluding hydrogens is 612 g/mol. The van der Waals surface area contributed by atoms with Crippen LogP contribution in [0.1, 0.15) is 82.3 Å². The van der Waals surface area contributed by atoms with Crippen molar-refractivity contribution in [2.45, 2.75) is 77.2 Å². The zero-order valence-corrected chi connectivity index (χ0v) is 28.6. The highest BCUT2D eigenvalue weighted by atomic mass is 16.6. The van der Waals surface area contributed by atoms with Gasteiger partial charge in [0.15, 0.2) is 0 Å². The fraction of sp³-hybridized carbons (Fsp3) is 0.500. The van der Waals surface area contributed by atoms with Crippen molar-refractivity contribution >= 4 is 29.7 Å².